The van der Waals surface area contributed by atoms with Crippen LogP contribution in [0.5, 0.6) is 5.75 Å². The largest absolute Gasteiger partial charge is 0.510 e. The minimum Gasteiger partial charge on any atom is -0.510 e. The van der Waals surface area contributed by atoms with E-state index in [0.717, 1.165) is 5.56 Å². The SMILES string of the molecule is CC(=O)N1CCN(Cc2ccc3cc4c(c(O)c3c2)C(=O)C2=C(O)[C@]3(O)C(=O)C(C(N)=O)=C(O)[C@@H](N)[C@@H]3C[C@@H]2C4)CC1. The average molecular weight is 577 g/mol. The van der Waals surface area contributed by atoms with Crippen molar-refractivity contribution < 1.29 is 39.6 Å². The fourth-order valence-electron chi connectivity index (χ4n) is 7.11. The van der Waals surface area contributed by atoms with E-state index in [1.165, 1.54) is 0 Å². The summed E-state index contributed by atoms with van der Waals surface area (Å²) >= 11 is 0. The molecular weight excluding hydrogens is 544 g/mol. The molecule has 12 nitrogen and oxygen atoms in total. The van der Waals surface area contributed by atoms with Gasteiger partial charge in [-0.2, -0.15) is 0 Å². The number of nitrogens with two attached hydrogens (primary N) is 2. The number of Topliss-reactive ketones (excluding diaryl/α,β-unsaturated/α-hetero) is 2. The maximum Gasteiger partial charge on any atom is 0.255 e. The Hall–Kier alpha value is -4.26. The molecule has 220 valence electrons. The number of carbonyl (C=O) groups is 4. The molecule has 4 atom stereocenters. The van der Waals surface area contributed by atoms with Crippen LogP contribution in [0.2, 0.25) is 0 Å². The van der Waals surface area contributed by atoms with Gasteiger partial charge < -0.3 is 36.8 Å². The van der Waals surface area contributed by atoms with Crippen molar-refractivity contribution in [3.05, 3.63) is 63.6 Å². The monoisotopic (exact) mass is 576 g/mol. The van der Waals surface area contributed by atoms with Crippen LogP contribution in [0, 0.1) is 11.8 Å². The molecule has 2 amide bonds. The molecule has 0 radical (unpaired) electrons. The fourth-order valence-corrected chi connectivity index (χ4v) is 7.11. The maximum atomic E-state index is 13.9. The van der Waals surface area contributed by atoms with Gasteiger partial charge in [0, 0.05) is 56.5 Å². The highest BCUT2D eigenvalue weighted by Gasteiger charge is 2.62. The first-order valence-corrected chi connectivity index (χ1v) is 13.8. The van der Waals surface area contributed by atoms with Gasteiger partial charge in [-0.25, -0.2) is 0 Å². The molecule has 4 aliphatic rings. The quantitative estimate of drug-likeness (QED) is 0.276. The zero-order valence-corrected chi connectivity index (χ0v) is 23.0. The van der Waals surface area contributed by atoms with Crippen LogP contribution in [-0.2, 0) is 27.3 Å². The number of amides is 2. The van der Waals surface area contributed by atoms with Gasteiger partial charge in [0.25, 0.3) is 5.91 Å². The second-order valence-electron chi connectivity index (χ2n) is 11.7. The summed E-state index contributed by atoms with van der Waals surface area (Å²) in [6.07, 6.45) is 0.158. The molecule has 8 N–H and O–H groups in total. The number of rotatable bonds is 3. The molecule has 1 aliphatic heterocycles. The smallest absolute Gasteiger partial charge is 0.255 e. The Kier molecular flexibility index (Phi) is 6.41. The van der Waals surface area contributed by atoms with Crippen LogP contribution in [0.4, 0.5) is 0 Å². The maximum absolute atomic E-state index is 13.9. The van der Waals surface area contributed by atoms with Crippen LogP contribution in [0.3, 0.4) is 0 Å². The predicted octanol–water partition coefficient (Wildman–Crippen LogP) is 0.335. The molecule has 0 unspecified atom stereocenters. The molecule has 2 aromatic carbocycles. The minimum absolute atomic E-state index is 0.0318. The number of carbonyl (C=O) groups excluding carboxylic acids is 4. The van der Waals surface area contributed by atoms with Crippen LogP contribution >= 0.6 is 0 Å². The van der Waals surface area contributed by atoms with E-state index in [4.69, 9.17) is 11.5 Å². The van der Waals surface area contributed by atoms with Crippen LogP contribution in [0.25, 0.3) is 10.8 Å². The average Bonchev–Trinajstić information content (AvgIpc) is 2.94. The van der Waals surface area contributed by atoms with Gasteiger partial charge in [0.15, 0.2) is 11.4 Å². The summed E-state index contributed by atoms with van der Waals surface area (Å²) in [4.78, 5) is 54.6. The van der Waals surface area contributed by atoms with Gasteiger partial charge in [0.2, 0.25) is 11.7 Å². The second-order valence-corrected chi connectivity index (χ2v) is 11.7. The van der Waals surface area contributed by atoms with Crippen LogP contribution < -0.4 is 11.5 Å². The number of hydrogen-bond acceptors (Lipinski definition) is 10. The van der Waals surface area contributed by atoms with E-state index in [2.05, 4.69) is 4.90 Å². The number of phenolic OH excluding ortho intramolecular Hbond substituents is 1. The number of benzene rings is 2. The molecule has 3 aliphatic carbocycles. The zero-order valence-electron chi connectivity index (χ0n) is 23.0. The van der Waals surface area contributed by atoms with Crippen molar-refractivity contribution in [2.75, 3.05) is 26.2 Å². The molecular formula is C30H32N4O8. The number of hydrogen-bond donors (Lipinski definition) is 6. The van der Waals surface area contributed by atoms with Gasteiger partial charge in [-0.15, -0.1) is 0 Å². The topological polar surface area (TPSA) is 208 Å². The van der Waals surface area contributed by atoms with E-state index in [1.54, 1.807) is 24.0 Å². The standard InChI is InChI=1S/C30H32N4O8/c1-13(35)34-6-4-33(5-7-34)12-14-2-3-15-9-16-10-17-11-19-23(31)26(38)22(29(32)41)28(40)30(19,42)27(39)21(17)25(37)20(16)24(36)18(15)8-14/h2-3,8-9,17,19,23,36,38-39,42H,4-7,10-12,31H2,1H3,(H2,32,41)/t17-,19-,23-,30-/m0/s1. The van der Waals surface area contributed by atoms with Gasteiger partial charge in [0.1, 0.15) is 22.8 Å². The molecule has 2 aromatic rings. The van der Waals surface area contributed by atoms with Crippen molar-refractivity contribution in [2.24, 2.45) is 23.3 Å². The van der Waals surface area contributed by atoms with Crippen molar-refractivity contribution in [3.63, 3.8) is 0 Å². The number of aliphatic hydroxyl groups excluding tert-OH is 2. The third kappa shape index (κ3) is 3.93. The highest BCUT2D eigenvalue weighted by Crippen LogP contribution is 2.51. The number of primary amides is 1. The van der Waals surface area contributed by atoms with Crippen LogP contribution in [0.15, 0.2) is 46.9 Å². The molecule has 0 aromatic heterocycles. The molecule has 42 heavy (non-hydrogen) atoms. The number of aliphatic hydroxyl groups is 3. The summed E-state index contributed by atoms with van der Waals surface area (Å²) in [5, 5.41) is 45.7. The number of nitrogens with zero attached hydrogens (tertiary/aromatic N) is 2. The first-order valence-electron chi connectivity index (χ1n) is 13.8. The number of piperazine rings is 1. The predicted molar refractivity (Wildman–Crippen MR) is 149 cm³/mol. The Balaban J connectivity index is 1.37. The van der Waals surface area contributed by atoms with Gasteiger partial charge in [0.05, 0.1) is 11.6 Å². The number of allylic oxidation sites excluding steroid dienone is 1. The number of phenols is 1. The molecule has 0 saturated carbocycles. The van der Waals surface area contributed by atoms with Crippen molar-refractivity contribution in [1.82, 2.24) is 9.80 Å². The third-order valence-corrected chi connectivity index (χ3v) is 9.35. The Labute approximate surface area is 240 Å². The Morgan fingerprint density at radius 1 is 1.07 bits per heavy atom. The summed E-state index contributed by atoms with van der Waals surface area (Å²) in [5.41, 5.74) is 8.90. The van der Waals surface area contributed by atoms with E-state index < -0.39 is 58.0 Å². The Morgan fingerprint density at radius 2 is 1.76 bits per heavy atom. The van der Waals surface area contributed by atoms with Gasteiger partial charge in [-0.1, -0.05) is 18.2 Å². The van der Waals surface area contributed by atoms with Crippen LogP contribution in [0.1, 0.15) is 34.8 Å². The molecule has 1 fully saturated rings. The number of aromatic hydroxyl groups is 1. The van der Waals surface area contributed by atoms with Gasteiger partial charge in [-0.05, 0) is 41.3 Å². The highest BCUT2D eigenvalue weighted by molar-refractivity contribution is 6.25. The summed E-state index contributed by atoms with van der Waals surface area (Å²) in [6.45, 7) is 4.81. The third-order valence-electron chi connectivity index (χ3n) is 9.35. The number of fused-ring (bicyclic) bond motifs is 4. The van der Waals surface area contributed by atoms with E-state index >= 15 is 0 Å². The van der Waals surface area contributed by atoms with Crippen molar-refractivity contribution in [1.29, 1.82) is 0 Å². The van der Waals surface area contributed by atoms with E-state index in [9.17, 15) is 39.6 Å². The molecule has 12 heteroatoms. The lowest BCUT2D eigenvalue weighted by Gasteiger charge is -2.47. The lowest BCUT2D eigenvalue weighted by atomic mass is 9.59. The van der Waals surface area contributed by atoms with E-state index in [1.807, 2.05) is 12.1 Å². The summed E-state index contributed by atoms with van der Waals surface area (Å²) in [5.74, 6) is -7.19. The summed E-state index contributed by atoms with van der Waals surface area (Å²) in [7, 11) is 0. The molecule has 1 heterocycles. The highest BCUT2D eigenvalue weighted by atomic mass is 16.3. The van der Waals surface area contributed by atoms with Crippen molar-refractivity contribution in [3.8, 4) is 5.75 Å². The normalized spacial score (nSPS) is 28.1. The minimum atomic E-state index is -2.74. The first-order chi connectivity index (χ1) is 19.8. The van der Waals surface area contributed by atoms with Crippen molar-refractivity contribution >= 4 is 34.2 Å². The van der Waals surface area contributed by atoms with Crippen LogP contribution in [-0.4, -0.2) is 91.4 Å². The first kappa shape index (κ1) is 27.9. The zero-order chi connectivity index (χ0) is 30.2. The summed E-state index contributed by atoms with van der Waals surface area (Å²) in [6, 6.07) is 6.04. The fraction of sp³-hybridized carbons (Fsp3) is 0.400. The Bertz CT molecular complexity index is 1650. The lowest BCUT2D eigenvalue weighted by molar-refractivity contribution is -0.145. The molecule has 6 rings (SSSR count). The van der Waals surface area contributed by atoms with E-state index in [0.29, 0.717) is 49.1 Å². The molecule has 0 spiro atoms. The van der Waals surface area contributed by atoms with Gasteiger partial charge >= 0.3 is 0 Å². The lowest BCUT2D eigenvalue weighted by Crippen LogP contribution is -2.63. The molecule has 1 saturated heterocycles. The second kappa shape index (κ2) is 9.65. The summed E-state index contributed by atoms with van der Waals surface area (Å²) < 4.78 is 0. The van der Waals surface area contributed by atoms with Gasteiger partial charge in [-0.3, -0.25) is 24.1 Å². The number of ketones is 2. The molecule has 0 bridgehead atoms. The van der Waals surface area contributed by atoms with E-state index in [-0.39, 0.29) is 35.6 Å². The van der Waals surface area contributed by atoms with Crippen molar-refractivity contribution in [2.45, 2.75) is 38.0 Å². The Morgan fingerprint density at radius 3 is 2.40 bits per heavy atom.